The van der Waals surface area contributed by atoms with Crippen LogP contribution in [0.1, 0.15) is 25.6 Å². The van der Waals surface area contributed by atoms with Gasteiger partial charge in [0.1, 0.15) is 11.6 Å². The molecule has 3 rings (SSSR count). The Morgan fingerprint density at radius 3 is 2.88 bits per heavy atom. The average molecular weight is 328 g/mol. The maximum atomic E-state index is 12.2. The molecule has 1 aromatic heterocycles. The van der Waals surface area contributed by atoms with Gasteiger partial charge in [-0.3, -0.25) is 4.79 Å². The summed E-state index contributed by atoms with van der Waals surface area (Å²) in [6, 6.07) is 7.68. The average Bonchev–Trinajstić information content (AvgIpc) is 3.09. The zero-order valence-corrected chi connectivity index (χ0v) is 14.1. The fourth-order valence-corrected chi connectivity index (χ4v) is 2.97. The van der Waals surface area contributed by atoms with Crippen molar-refractivity contribution < 1.29 is 9.53 Å². The number of H-pyrrole nitrogens is 1. The number of nitrogens with zero attached hydrogens (tertiary/aromatic N) is 1. The van der Waals surface area contributed by atoms with Gasteiger partial charge in [-0.05, 0) is 55.1 Å². The third kappa shape index (κ3) is 3.94. The predicted molar refractivity (Wildman–Crippen MR) is 92.6 cm³/mol. The van der Waals surface area contributed by atoms with E-state index in [0.717, 1.165) is 42.2 Å². The van der Waals surface area contributed by atoms with Crippen molar-refractivity contribution in [2.45, 2.75) is 32.4 Å². The Bertz CT molecular complexity index is 681. The normalized spacial score (nSPS) is 20.6. The van der Waals surface area contributed by atoms with Gasteiger partial charge in [0.25, 0.3) is 0 Å². The quantitative estimate of drug-likeness (QED) is 0.785. The van der Waals surface area contributed by atoms with Crippen molar-refractivity contribution in [3.05, 3.63) is 36.3 Å². The molecule has 1 aliphatic rings. The molecule has 2 aromatic rings. The van der Waals surface area contributed by atoms with Crippen LogP contribution in [0, 0.1) is 5.92 Å². The summed E-state index contributed by atoms with van der Waals surface area (Å²) in [5, 5.41) is 6.23. The number of amides is 1. The molecule has 1 saturated heterocycles. The van der Waals surface area contributed by atoms with Crippen LogP contribution in [-0.4, -0.2) is 35.6 Å². The molecular formula is C18H24N4O2. The number of hydrogen-bond acceptors (Lipinski definition) is 4. The summed E-state index contributed by atoms with van der Waals surface area (Å²) in [6.07, 6.45) is 3.80. The zero-order chi connectivity index (χ0) is 16.9. The minimum atomic E-state index is -0.0928. The van der Waals surface area contributed by atoms with E-state index in [-0.39, 0.29) is 11.9 Å². The fraction of sp³-hybridized carbons (Fsp3) is 0.444. The van der Waals surface area contributed by atoms with E-state index in [9.17, 15) is 4.79 Å². The monoisotopic (exact) mass is 328 g/mol. The van der Waals surface area contributed by atoms with Gasteiger partial charge < -0.3 is 20.4 Å². The molecule has 0 radical (unpaired) electrons. The van der Waals surface area contributed by atoms with Crippen molar-refractivity contribution in [1.29, 1.82) is 0 Å². The molecule has 6 nitrogen and oxygen atoms in total. The molecule has 2 heterocycles. The number of methoxy groups -OCH3 is 1. The number of imidazole rings is 1. The van der Waals surface area contributed by atoms with E-state index in [1.807, 2.05) is 24.3 Å². The molecule has 0 saturated carbocycles. The van der Waals surface area contributed by atoms with Gasteiger partial charge >= 0.3 is 0 Å². The van der Waals surface area contributed by atoms with Crippen molar-refractivity contribution >= 4 is 5.91 Å². The molecule has 128 valence electrons. The summed E-state index contributed by atoms with van der Waals surface area (Å²) in [6.45, 7) is 3.50. The lowest BCUT2D eigenvalue weighted by Crippen LogP contribution is -2.48. The highest BCUT2D eigenvalue weighted by atomic mass is 16.5. The van der Waals surface area contributed by atoms with E-state index in [1.165, 1.54) is 0 Å². The van der Waals surface area contributed by atoms with Gasteiger partial charge in [0, 0.05) is 0 Å². The van der Waals surface area contributed by atoms with Crippen LogP contribution in [0.15, 0.2) is 30.5 Å². The summed E-state index contributed by atoms with van der Waals surface area (Å²) >= 11 is 0. The third-order valence-electron chi connectivity index (χ3n) is 4.44. The van der Waals surface area contributed by atoms with Crippen LogP contribution < -0.4 is 15.4 Å². The Kier molecular flexibility index (Phi) is 5.15. The molecule has 1 aromatic carbocycles. The van der Waals surface area contributed by atoms with E-state index in [0.29, 0.717) is 12.5 Å². The van der Waals surface area contributed by atoms with Crippen LogP contribution in [0.4, 0.5) is 0 Å². The third-order valence-corrected chi connectivity index (χ3v) is 4.44. The maximum Gasteiger partial charge on any atom is 0.237 e. The molecular weight excluding hydrogens is 304 g/mol. The minimum absolute atomic E-state index is 0.0453. The lowest BCUT2D eigenvalue weighted by Gasteiger charge is -2.27. The summed E-state index contributed by atoms with van der Waals surface area (Å²) in [5.74, 6) is 2.20. The number of benzene rings is 1. The first-order valence-corrected chi connectivity index (χ1v) is 8.35. The van der Waals surface area contributed by atoms with Gasteiger partial charge in [-0.2, -0.15) is 0 Å². The SMILES string of the molecule is COc1ccc(-c2cnc(CNC(=O)C3CC(C)CCN3)[nH]2)cc1. The van der Waals surface area contributed by atoms with Crippen LogP contribution in [0.5, 0.6) is 5.75 Å². The highest BCUT2D eigenvalue weighted by Crippen LogP contribution is 2.20. The van der Waals surface area contributed by atoms with E-state index in [4.69, 9.17) is 4.74 Å². The Morgan fingerprint density at radius 2 is 2.17 bits per heavy atom. The first-order valence-electron chi connectivity index (χ1n) is 8.35. The molecule has 0 spiro atoms. The first-order chi connectivity index (χ1) is 11.7. The van der Waals surface area contributed by atoms with Crippen molar-refractivity contribution in [3.8, 4) is 17.0 Å². The lowest BCUT2D eigenvalue weighted by molar-refractivity contribution is -0.124. The van der Waals surface area contributed by atoms with Gasteiger partial charge in [-0.25, -0.2) is 4.98 Å². The second-order valence-electron chi connectivity index (χ2n) is 6.33. The predicted octanol–water partition coefficient (Wildman–Crippen LogP) is 2.09. The van der Waals surface area contributed by atoms with Crippen LogP contribution in [0.3, 0.4) is 0 Å². The van der Waals surface area contributed by atoms with Crippen LogP contribution >= 0.6 is 0 Å². The number of hydrogen-bond donors (Lipinski definition) is 3. The summed E-state index contributed by atoms with van der Waals surface area (Å²) < 4.78 is 5.16. The standard InChI is InChI=1S/C18H24N4O2/c1-12-7-8-19-15(9-12)18(23)21-11-17-20-10-16(22-17)13-3-5-14(24-2)6-4-13/h3-6,10,12,15,19H,7-9,11H2,1-2H3,(H,20,22)(H,21,23). The fourth-order valence-electron chi connectivity index (χ4n) is 2.97. The number of carbonyl (C=O) groups excluding carboxylic acids is 1. The molecule has 0 aliphatic carbocycles. The highest BCUT2D eigenvalue weighted by molar-refractivity contribution is 5.81. The Labute approximate surface area is 142 Å². The second kappa shape index (κ2) is 7.49. The number of aromatic nitrogens is 2. The van der Waals surface area contributed by atoms with Gasteiger partial charge in [0.15, 0.2) is 0 Å². The molecule has 2 unspecified atom stereocenters. The number of piperidine rings is 1. The Morgan fingerprint density at radius 1 is 1.38 bits per heavy atom. The summed E-state index contributed by atoms with van der Waals surface area (Å²) in [7, 11) is 1.65. The number of nitrogens with one attached hydrogen (secondary N) is 3. The van der Waals surface area contributed by atoms with Crippen molar-refractivity contribution in [2.24, 2.45) is 5.92 Å². The molecule has 24 heavy (non-hydrogen) atoms. The second-order valence-corrected chi connectivity index (χ2v) is 6.33. The number of aromatic amines is 1. The molecule has 1 amide bonds. The lowest BCUT2D eigenvalue weighted by atomic mass is 9.94. The molecule has 1 fully saturated rings. The Balaban J connectivity index is 1.56. The van der Waals surface area contributed by atoms with Crippen molar-refractivity contribution in [3.63, 3.8) is 0 Å². The zero-order valence-electron chi connectivity index (χ0n) is 14.1. The van der Waals surface area contributed by atoms with E-state index >= 15 is 0 Å². The largest absolute Gasteiger partial charge is 0.497 e. The van der Waals surface area contributed by atoms with E-state index in [2.05, 4.69) is 27.5 Å². The van der Waals surface area contributed by atoms with Crippen LogP contribution in [-0.2, 0) is 11.3 Å². The molecule has 3 N–H and O–H groups in total. The summed E-state index contributed by atoms with van der Waals surface area (Å²) in [4.78, 5) is 19.8. The van der Waals surface area contributed by atoms with E-state index in [1.54, 1.807) is 13.3 Å². The van der Waals surface area contributed by atoms with Crippen molar-refractivity contribution in [1.82, 2.24) is 20.6 Å². The number of rotatable bonds is 5. The summed E-state index contributed by atoms with van der Waals surface area (Å²) in [5.41, 5.74) is 1.95. The smallest absolute Gasteiger partial charge is 0.237 e. The van der Waals surface area contributed by atoms with Gasteiger partial charge in [0.2, 0.25) is 5.91 Å². The maximum absolute atomic E-state index is 12.2. The minimum Gasteiger partial charge on any atom is -0.497 e. The topological polar surface area (TPSA) is 79.0 Å². The Hall–Kier alpha value is -2.34. The van der Waals surface area contributed by atoms with Crippen LogP contribution in [0.2, 0.25) is 0 Å². The molecule has 0 bridgehead atoms. The number of ether oxygens (including phenoxy) is 1. The van der Waals surface area contributed by atoms with Gasteiger partial charge in [0.05, 0.1) is 31.6 Å². The van der Waals surface area contributed by atoms with Gasteiger partial charge in [-0.15, -0.1) is 0 Å². The molecule has 1 aliphatic heterocycles. The number of carbonyl (C=O) groups is 1. The van der Waals surface area contributed by atoms with E-state index < -0.39 is 0 Å². The van der Waals surface area contributed by atoms with Crippen molar-refractivity contribution in [2.75, 3.05) is 13.7 Å². The highest BCUT2D eigenvalue weighted by Gasteiger charge is 2.24. The van der Waals surface area contributed by atoms with Gasteiger partial charge in [-0.1, -0.05) is 6.92 Å². The van der Waals surface area contributed by atoms with Crippen LogP contribution in [0.25, 0.3) is 11.3 Å². The molecule has 2 atom stereocenters. The molecule has 6 heteroatoms. The first kappa shape index (κ1) is 16.5.